The fourth-order valence-corrected chi connectivity index (χ4v) is 3.89. The number of carbonyl (C=O) groups is 2. The first-order chi connectivity index (χ1) is 14.1. The van der Waals surface area contributed by atoms with E-state index in [0.717, 1.165) is 15.7 Å². The third-order valence-electron chi connectivity index (χ3n) is 4.88. The molecule has 1 N–H and O–H groups in total. The molecule has 0 aliphatic carbocycles. The molecule has 0 bridgehead atoms. The first-order valence-electron chi connectivity index (χ1n) is 9.35. The van der Waals surface area contributed by atoms with E-state index >= 15 is 0 Å². The zero-order valence-corrected chi connectivity index (χ0v) is 17.2. The highest BCUT2D eigenvalue weighted by Crippen LogP contribution is 2.33. The normalized spacial score (nSPS) is 19.9. The molecule has 0 radical (unpaired) electrons. The maximum Gasteiger partial charge on any atom is 0.415 e. The summed E-state index contributed by atoms with van der Waals surface area (Å²) in [6, 6.07) is 16.3. The number of nitrogens with zero attached hydrogens (tertiary/aromatic N) is 2. The Kier molecular flexibility index (Phi) is 5.80. The van der Waals surface area contributed by atoms with Crippen molar-refractivity contribution in [1.82, 2.24) is 5.32 Å². The molecule has 0 saturated carbocycles. The summed E-state index contributed by atoms with van der Waals surface area (Å²) >= 11 is 3.28. The number of carbonyl (C=O) groups excluding carboxylic acids is 2. The lowest BCUT2D eigenvalue weighted by atomic mass is 10.1. The molecule has 2 aromatic rings. The predicted octanol–water partition coefficient (Wildman–Crippen LogP) is 3.37. The number of hydrogen-bond acceptors (Lipinski definition) is 5. The van der Waals surface area contributed by atoms with Crippen LogP contribution in [0, 0.1) is 0 Å². The van der Waals surface area contributed by atoms with Crippen LogP contribution >= 0.6 is 15.9 Å². The average molecular weight is 458 g/mol. The van der Waals surface area contributed by atoms with Gasteiger partial charge >= 0.3 is 6.09 Å². The number of nitrogens with one attached hydrogen (secondary N) is 1. The number of para-hydroxylation sites is 1. The van der Waals surface area contributed by atoms with Crippen LogP contribution < -0.4 is 10.2 Å². The van der Waals surface area contributed by atoms with Crippen LogP contribution in [0.5, 0.6) is 0 Å². The van der Waals surface area contributed by atoms with Gasteiger partial charge in [-0.3, -0.25) is 9.69 Å². The summed E-state index contributed by atoms with van der Waals surface area (Å²) in [5, 5.41) is 6.69. The van der Waals surface area contributed by atoms with Gasteiger partial charge in [-0.15, -0.1) is 0 Å². The van der Waals surface area contributed by atoms with Gasteiger partial charge in [0.05, 0.1) is 12.2 Å². The SMILES string of the molecule is O=C(NCC1CC(Br)=NO1)[C@@H]1Cc2ccccc2N1C(=O)OCc1ccccc1. The van der Waals surface area contributed by atoms with Gasteiger partial charge in [0.2, 0.25) is 5.91 Å². The largest absolute Gasteiger partial charge is 0.444 e. The standard InChI is InChI=1S/C21H20BrN3O4/c22-19-11-16(29-24-19)12-23-20(26)18-10-15-8-4-5-9-17(15)25(18)21(27)28-13-14-6-2-1-3-7-14/h1-9,16,18H,10-13H2,(H,23,26)/t16?,18-/m0/s1. The van der Waals surface area contributed by atoms with E-state index in [4.69, 9.17) is 9.57 Å². The van der Waals surface area contributed by atoms with Gasteiger partial charge in [-0.25, -0.2) is 4.79 Å². The minimum Gasteiger partial charge on any atom is -0.444 e. The van der Waals surface area contributed by atoms with E-state index in [9.17, 15) is 9.59 Å². The first kappa shape index (κ1) is 19.4. The van der Waals surface area contributed by atoms with Crippen molar-refractivity contribution in [1.29, 1.82) is 0 Å². The van der Waals surface area contributed by atoms with Crippen molar-refractivity contribution in [2.75, 3.05) is 11.4 Å². The van der Waals surface area contributed by atoms with E-state index in [0.29, 0.717) is 25.1 Å². The second-order valence-electron chi connectivity index (χ2n) is 6.90. The van der Waals surface area contributed by atoms with Crippen molar-refractivity contribution in [2.45, 2.75) is 31.6 Å². The van der Waals surface area contributed by atoms with E-state index in [2.05, 4.69) is 26.4 Å². The molecule has 0 aromatic heterocycles. The predicted molar refractivity (Wildman–Crippen MR) is 112 cm³/mol. The zero-order valence-electron chi connectivity index (χ0n) is 15.6. The van der Waals surface area contributed by atoms with Crippen LogP contribution in [0.2, 0.25) is 0 Å². The number of amides is 2. The summed E-state index contributed by atoms with van der Waals surface area (Å²) in [5.74, 6) is -0.246. The minimum absolute atomic E-state index is 0.147. The fourth-order valence-electron chi connectivity index (χ4n) is 3.45. The number of fused-ring (bicyclic) bond motifs is 1. The molecular weight excluding hydrogens is 438 g/mol. The Balaban J connectivity index is 1.44. The second kappa shape index (κ2) is 8.65. The number of hydrogen-bond donors (Lipinski definition) is 1. The Morgan fingerprint density at radius 2 is 1.90 bits per heavy atom. The van der Waals surface area contributed by atoms with E-state index in [-0.39, 0.29) is 18.6 Å². The smallest absolute Gasteiger partial charge is 0.415 e. The van der Waals surface area contributed by atoms with Crippen LogP contribution in [-0.4, -0.2) is 35.3 Å². The Morgan fingerprint density at radius 1 is 1.14 bits per heavy atom. The molecule has 2 atom stereocenters. The molecule has 0 saturated heterocycles. The van der Waals surface area contributed by atoms with Crippen molar-refractivity contribution >= 4 is 38.2 Å². The molecule has 2 heterocycles. The lowest BCUT2D eigenvalue weighted by Gasteiger charge is -2.24. The maximum atomic E-state index is 12.9. The number of halogens is 1. The van der Waals surface area contributed by atoms with E-state index in [1.165, 1.54) is 4.90 Å². The summed E-state index contributed by atoms with van der Waals surface area (Å²) in [6.07, 6.45) is 0.292. The van der Waals surface area contributed by atoms with Gasteiger partial charge in [0.15, 0.2) is 6.10 Å². The Morgan fingerprint density at radius 3 is 2.66 bits per heavy atom. The molecule has 7 nitrogen and oxygen atoms in total. The van der Waals surface area contributed by atoms with Crippen LogP contribution in [0.3, 0.4) is 0 Å². The molecule has 4 rings (SSSR count). The quantitative estimate of drug-likeness (QED) is 0.746. The summed E-state index contributed by atoms with van der Waals surface area (Å²) in [6.45, 7) is 0.463. The van der Waals surface area contributed by atoms with Gasteiger partial charge in [-0.1, -0.05) is 53.7 Å². The zero-order chi connectivity index (χ0) is 20.2. The molecule has 2 aromatic carbocycles. The molecule has 2 aliphatic heterocycles. The molecule has 2 aliphatic rings. The highest BCUT2D eigenvalue weighted by molar-refractivity contribution is 9.18. The van der Waals surface area contributed by atoms with Gasteiger partial charge in [-0.05, 0) is 33.1 Å². The molecule has 2 amide bonds. The number of ether oxygens (including phenoxy) is 1. The maximum absolute atomic E-state index is 12.9. The van der Waals surface area contributed by atoms with E-state index in [1.54, 1.807) is 0 Å². The van der Waals surface area contributed by atoms with Crippen LogP contribution in [0.15, 0.2) is 59.8 Å². The third-order valence-corrected chi connectivity index (χ3v) is 5.35. The number of rotatable bonds is 5. The van der Waals surface area contributed by atoms with E-state index in [1.807, 2.05) is 54.6 Å². The fraction of sp³-hybridized carbons (Fsp3) is 0.286. The van der Waals surface area contributed by atoms with Crippen molar-refractivity contribution in [2.24, 2.45) is 5.16 Å². The van der Waals surface area contributed by atoms with Crippen LogP contribution in [0.1, 0.15) is 17.5 Å². The Labute approximate surface area is 176 Å². The molecule has 29 heavy (non-hydrogen) atoms. The summed E-state index contributed by atoms with van der Waals surface area (Å²) in [7, 11) is 0. The van der Waals surface area contributed by atoms with Gasteiger partial charge in [0, 0.05) is 12.8 Å². The minimum atomic E-state index is -0.665. The monoisotopic (exact) mass is 457 g/mol. The Hall–Kier alpha value is -2.87. The molecule has 150 valence electrons. The molecule has 0 spiro atoms. The first-order valence-corrected chi connectivity index (χ1v) is 10.1. The second-order valence-corrected chi connectivity index (χ2v) is 7.82. The highest BCUT2D eigenvalue weighted by atomic mass is 79.9. The van der Waals surface area contributed by atoms with Crippen molar-refractivity contribution in [3.63, 3.8) is 0 Å². The topological polar surface area (TPSA) is 80.2 Å². The van der Waals surface area contributed by atoms with Crippen LogP contribution in [0.4, 0.5) is 10.5 Å². The summed E-state index contributed by atoms with van der Waals surface area (Å²) in [5.41, 5.74) is 2.53. The highest BCUT2D eigenvalue weighted by Gasteiger charge is 2.39. The van der Waals surface area contributed by atoms with Gasteiger partial charge in [-0.2, -0.15) is 0 Å². The van der Waals surface area contributed by atoms with E-state index < -0.39 is 12.1 Å². The average Bonchev–Trinajstić information content (AvgIpc) is 3.34. The Bertz CT molecular complexity index is 935. The molecule has 0 fully saturated rings. The third kappa shape index (κ3) is 4.42. The summed E-state index contributed by atoms with van der Waals surface area (Å²) in [4.78, 5) is 32.4. The number of benzene rings is 2. The van der Waals surface area contributed by atoms with Crippen molar-refractivity contribution in [3.05, 3.63) is 65.7 Å². The lowest BCUT2D eigenvalue weighted by molar-refractivity contribution is -0.122. The van der Waals surface area contributed by atoms with Gasteiger partial charge in [0.1, 0.15) is 17.3 Å². The lowest BCUT2D eigenvalue weighted by Crippen LogP contribution is -2.49. The molecule has 1 unspecified atom stereocenters. The van der Waals surface area contributed by atoms with Gasteiger partial charge < -0.3 is 14.9 Å². The molecular formula is C21H20BrN3O4. The number of oxime groups is 1. The van der Waals surface area contributed by atoms with Crippen molar-refractivity contribution in [3.8, 4) is 0 Å². The van der Waals surface area contributed by atoms with Crippen LogP contribution in [-0.2, 0) is 27.4 Å². The summed E-state index contributed by atoms with van der Waals surface area (Å²) < 4.78 is 6.22. The van der Waals surface area contributed by atoms with Crippen LogP contribution in [0.25, 0.3) is 0 Å². The number of anilines is 1. The van der Waals surface area contributed by atoms with Crippen molar-refractivity contribution < 1.29 is 19.2 Å². The van der Waals surface area contributed by atoms with Gasteiger partial charge in [0.25, 0.3) is 0 Å². The molecule has 8 heteroatoms.